The summed E-state index contributed by atoms with van der Waals surface area (Å²) < 4.78 is 26.9. The molecule has 1 aromatic heterocycles. The van der Waals surface area contributed by atoms with Gasteiger partial charge in [0, 0.05) is 17.4 Å². The summed E-state index contributed by atoms with van der Waals surface area (Å²) in [5, 5.41) is 10.0. The quantitative estimate of drug-likeness (QED) is 0.464. The molecule has 0 aliphatic heterocycles. The second kappa shape index (κ2) is 8.41. The van der Waals surface area contributed by atoms with E-state index in [9.17, 15) is 4.39 Å². The van der Waals surface area contributed by atoms with Crippen LogP contribution in [0, 0.1) is 5.82 Å². The van der Waals surface area contributed by atoms with Crippen molar-refractivity contribution >= 4 is 23.4 Å². The van der Waals surface area contributed by atoms with Gasteiger partial charge < -0.3 is 9.47 Å². The minimum atomic E-state index is -0.283. The number of hydrogen-bond donors (Lipinski definition) is 0. The Hall–Kier alpha value is -2.25. The van der Waals surface area contributed by atoms with Crippen LogP contribution in [0.25, 0.3) is 0 Å². The van der Waals surface area contributed by atoms with Crippen molar-refractivity contribution in [3.8, 4) is 11.5 Å². The fourth-order valence-corrected chi connectivity index (χ4v) is 4.10. The number of thioether (sulfide) groups is 1. The van der Waals surface area contributed by atoms with E-state index in [-0.39, 0.29) is 12.4 Å². The van der Waals surface area contributed by atoms with Crippen LogP contribution in [0.1, 0.15) is 30.3 Å². The number of ether oxygens (including phenoxy) is 2. The van der Waals surface area contributed by atoms with Gasteiger partial charge in [0.2, 0.25) is 0 Å². The van der Waals surface area contributed by atoms with Crippen molar-refractivity contribution in [3.63, 3.8) is 0 Å². The number of benzene rings is 2. The Kier molecular flexibility index (Phi) is 5.73. The van der Waals surface area contributed by atoms with E-state index in [1.807, 2.05) is 18.2 Å². The van der Waals surface area contributed by atoms with Gasteiger partial charge in [-0.05, 0) is 43.2 Å². The molecule has 1 aliphatic carbocycles. The molecule has 2 aromatic carbocycles. The number of hydrogen-bond acceptors (Lipinski definition) is 5. The lowest BCUT2D eigenvalue weighted by Gasteiger charge is -2.11. The summed E-state index contributed by atoms with van der Waals surface area (Å²) >= 11 is 7.67. The molecule has 1 saturated carbocycles. The van der Waals surface area contributed by atoms with Crippen LogP contribution in [0.2, 0.25) is 5.02 Å². The summed E-state index contributed by atoms with van der Waals surface area (Å²) in [4.78, 5) is 0. The number of rotatable bonds is 8. The molecule has 0 N–H and O–H groups in total. The summed E-state index contributed by atoms with van der Waals surface area (Å²) in [7, 11) is 1.58. The molecule has 4 rings (SSSR count). The van der Waals surface area contributed by atoms with Crippen molar-refractivity contribution in [1.82, 2.24) is 14.8 Å². The number of halogens is 2. The van der Waals surface area contributed by atoms with E-state index in [0.717, 1.165) is 29.4 Å². The Morgan fingerprint density at radius 1 is 1.18 bits per heavy atom. The minimum Gasteiger partial charge on any atom is -0.496 e. The van der Waals surface area contributed by atoms with Gasteiger partial charge >= 0.3 is 0 Å². The van der Waals surface area contributed by atoms with Crippen LogP contribution in [-0.2, 0) is 12.4 Å². The van der Waals surface area contributed by atoms with Gasteiger partial charge in [0.25, 0.3) is 0 Å². The van der Waals surface area contributed by atoms with Gasteiger partial charge in [-0.3, -0.25) is 4.57 Å². The highest BCUT2D eigenvalue weighted by Gasteiger charge is 2.30. The third kappa shape index (κ3) is 4.25. The Balaban J connectivity index is 1.50. The number of methoxy groups -OCH3 is 1. The summed E-state index contributed by atoms with van der Waals surface area (Å²) in [6.07, 6.45) is 2.18. The molecule has 0 radical (unpaired) electrons. The second-order valence-corrected chi connectivity index (χ2v) is 7.81. The van der Waals surface area contributed by atoms with Crippen molar-refractivity contribution in [2.45, 2.75) is 36.4 Å². The van der Waals surface area contributed by atoms with Crippen LogP contribution < -0.4 is 9.47 Å². The zero-order chi connectivity index (χ0) is 19.5. The zero-order valence-electron chi connectivity index (χ0n) is 15.3. The molecule has 0 bridgehead atoms. The number of nitrogens with zero attached hydrogens (tertiary/aromatic N) is 3. The fraction of sp³-hybridized carbons (Fsp3) is 0.300. The largest absolute Gasteiger partial charge is 0.496 e. The van der Waals surface area contributed by atoms with Crippen LogP contribution in [0.3, 0.4) is 0 Å². The van der Waals surface area contributed by atoms with Gasteiger partial charge in [-0.1, -0.05) is 35.5 Å². The van der Waals surface area contributed by atoms with Crippen molar-refractivity contribution in [3.05, 3.63) is 64.7 Å². The third-order valence-corrected chi connectivity index (χ3v) is 5.74. The topological polar surface area (TPSA) is 49.2 Å². The first kappa shape index (κ1) is 19.1. The molecule has 8 heteroatoms. The Bertz CT molecular complexity index is 978. The van der Waals surface area contributed by atoms with E-state index >= 15 is 0 Å². The monoisotopic (exact) mass is 419 g/mol. The lowest BCUT2D eigenvalue weighted by Crippen LogP contribution is -2.07. The summed E-state index contributed by atoms with van der Waals surface area (Å²) in [6.45, 7) is 0.289. The van der Waals surface area contributed by atoms with Crippen molar-refractivity contribution in [2.24, 2.45) is 0 Å². The number of para-hydroxylation sites is 1. The van der Waals surface area contributed by atoms with Gasteiger partial charge in [0.15, 0.2) is 11.0 Å². The maximum atomic E-state index is 13.6. The van der Waals surface area contributed by atoms with E-state index in [1.165, 1.54) is 23.9 Å². The van der Waals surface area contributed by atoms with Crippen molar-refractivity contribution in [2.75, 3.05) is 7.11 Å². The zero-order valence-corrected chi connectivity index (χ0v) is 16.8. The van der Waals surface area contributed by atoms with E-state index in [2.05, 4.69) is 14.8 Å². The Morgan fingerprint density at radius 2 is 2.00 bits per heavy atom. The maximum absolute atomic E-state index is 13.6. The average molecular weight is 420 g/mol. The lowest BCUT2D eigenvalue weighted by molar-refractivity contribution is 0.288. The highest BCUT2D eigenvalue weighted by atomic mass is 35.5. The molecule has 0 amide bonds. The highest BCUT2D eigenvalue weighted by Crippen LogP contribution is 2.40. The second-order valence-electron chi connectivity index (χ2n) is 6.46. The van der Waals surface area contributed by atoms with Crippen LogP contribution in [0.15, 0.2) is 47.6 Å². The van der Waals surface area contributed by atoms with E-state index in [4.69, 9.17) is 21.1 Å². The van der Waals surface area contributed by atoms with Gasteiger partial charge in [-0.2, -0.15) is 0 Å². The average Bonchev–Trinajstić information content (AvgIpc) is 3.46. The van der Waals surface area contributed by atoms with Crippen LogP contribution in [-0.4, -0.2) is 21.9 Å². The van der Waals surface area contributed by atoms with Crippen molar-refractivity contribution < 1.29 is 13.9 Å². The minimum absolute atomic E-state index is 0.283. The summed E-state index contributed by atoms with van der Waals surface area (Å²) in [6, 6.07) is 12.3. The predicted molar refractivity (Wildman–Crippen MR) is 107 cm³/mol. The van der Waals surface area contributed by atoms with Gasteiger partial charge in [0.05, 0.1) is 12.1 Å². The SMILES string of the molecule is COc1ccc(F)cc1CSc1nnc(COc2ccccc2Cl)n1C1CC1. The molecule has 1 heterocycles. The first-order valence-electron chi connectivity index (χ1n) is 8.92. The first-order valence-corrected chi connectivity index (χ1v) is 10.3. The fourth-order valence-electron chi connectivity index (χ4n) is 2.91. The molecule has 1 fully saturated rings. The predicted octanol–water partition coefficient (Wildman–Crippen LogP) is 5.29. The molecular weight excluding hydrogens is 401 g/mol. The molecule has 5 nitrogen and oxygen atoms in total. The molecule has 28 heavy (non-hydrogen) atoms. The van der Waals surface area contributed by atoms with Gasteiger partial charge in [-0.15, -0.1) is 10.2 Å². The lowest BCUT2D eigenvalue weighted by atomic mass is 10.2. The molecular formula is C20H19ClFN3O2S. The van der Waals surface area contributed by atoms with Crippen molar-refractivity contribution in [1.29, 1.82) is 0 Å². The van der Waals surface area contributed by atoms with E-state index < -0.39 is 0 Å². The molecule has 0 atom stereocenters. The highest BCUT2D eigenvalue weighted by molar-refractivity contribution is 7.98. The Labute approximate surface area is 171 Å². The standard InChI is InChI=1S/C20H19ClFN3O2S/c1-26-17-9-6-14(22)10-13(17)12-28-20-24-23-19(25(20)15-7-8-15)11-27-18-5-3-2-4-16(18)21/h2-6,9-10,15H,7-8,11-12H2,1H3. The Morgan fingerprint density at radius 3 is 2.75 bits per heavy atom. The summed E-state index contributed by atoms with van der Waals surface area (Å²) in [5.74, 6) is 2.30. The maximum Gasteiger partial charge on any atom is 0.191 e. The van der Waals surface area contributed by atoms with E-state index in [0.29, 0.717) is 28.3 Å². The van der Waals surface area contributed by atoms with Crippen LogP contribution in [0.4, 0.5) is 4.39 Å². The van der Waals surface area contributed by atoms with Gasteiger partial charge in [0.1, 0.15) is 23.9 Å². The van der Waals surface area contributed by atoms with Gasteiger partial charge in [-0.25, -0.2) is 4.39 Å². The molecule has 3 aromatic rings. The summed E-state index contributed by atoms with van der Waals surface area (Å²) in [5.41, 5.74) is 0.784. The molecule has 0 spiro atoms. The third-order valence-electron chi connectivity index (χ3n) is 4.44. The van der Waals surface area contributed by atoms with Crippen LogP contribution >= 0.6 is 23.4 Å². The van der Waals surface area contributed by atoms with E-state index in [1.54, 1.807) is 19.2 Å². The molecule has 1 aliphatic rings. The number of aromatic nitrogens is 3. The van der Waals surface area contributed by atoms with Crippen LogP contribution in [0.5, 0.6) is 11.5 Å². The smallest absolute Gasteiger partial charge is 0.191 e. The molecule has 146 valence electrons. The normalized spacial score (nSPS) is 13.5. The molecule has 0 saturated heterocycles. The molecule has 0 unspecified atom stereocenters. The first-order chi connectivity index (χ1) is 13.7.